The lowest BCUT2D eigenvalue weighted by Gasteiger charge is -2.43. The fraction of sp³-hybridized carbons (Fsp3) is 1.00. The molecule has 0 bridgehead atoms. The van der Waals surface area contributed by atoms with Gasteiger partial charge in [-0.3, -0.25) is 0 Å². The molecule has 0 aromatic heterocycles. The molecule has 1 saturated carbocycles. The molecule has 4 saturated heterocycles. The molecule has 5 fully saturated rings. The number of ether oxygens (including phenoxy) is 4. The molecule has 4 heterocycles. The first-order chi connectivity index (χ1) is 10.6. The number of rotatable bonds is 2. The van der Waals surface area contributed by atoms with Crippen LogP contribution in [0.3, 0.4) is 0 Å². The van der Waals surface area contributed by atoms with Gasteiger partial charge in [0.15, 0.2) is 6.29 Å². The maximum atomic E-state index is 10.8. The van der Waals surface area contributed by atoms with Crippen molar-refractivity contribution in [2.45, 2.75) is 63.8 Å². The summed E-state index contributed by atoms with van der Waals surface area (Å²) in [4.78, 5) is 0. The Balaban J connectivity index is 1.55. The van der Waals surface area contributed by atoms with E-state index < -0.39 is 6.10 Å². The predicted octanol–water partition coefficient (Wildman–Crippen LogP) is 1.33. The van der Waals surface area contributed by atoms with Crippen molar-refractivity contribution in [3.05, 3.63) is 0 Å². The first-order valence-electron chi connectivity index (χ1n) is 8.78. The zero-order valence-electron chi connectivity index (χ0n) is 13.4. The van der Waals surface area contributed by atoms with E-state index in [1.54, 1.807) is 0 Å². The molecular formula is C17H26O5. The van der Waals surface area contributed by atoms with Crippen LogP contribution in [0.1, 0.15) is 33.1 Å². The van der Waals surface area contributed by atoms with Crippen LogP contribution in [0.4, 0.5) is 0 Å². The van der Waals surface area contributed by atoms with Gasteiger partial charge in [-0.05, 0) is 31.1 Å². The van der Waals surface area contributed by atoms with E-state index in [1.807, 2.05) is 0 Å². The van der Waals surface area contributed by atoms with Crippen LogP contribution in [0.25, 0.3) is 0 Å². The summed E-state index contributed by atoms with van der Waals surface area (Å²) in [5.74, 6) is 1.14. The van der Waals surface area contributed by atoms with E-state index in [-0.39, 0.29) is 35.4 Å². The summed E-state index contributed by atoms with van der Waals surface area (Å²) >= 11 is 0. The van der Waals surface area contributed by atoms with Crippen LogP contribution in [0.5, 0.6) is 0 Å². The monoisotopic (exact) mass is 310 g/mol. The molecule has 5 rings (SSSR count). The van der Waals surface area contributed by atoms with E-state index in [1.165, 1.54) is 0 Å². The highest BCUT2D eigenvalue weighted by molar-refractivity contribution is 5.23. The number of hydrogen-bond donors (Lipinski definition) is 1. The first-order valence-corrected chi connectivity index (χ1v) is 8.78. The minimum atomic E-state index is -0.441. The Morgan fingerprint density at radius 2 is 1.91 bits per heavy atom. The van der Waals surface area contributed by atoms with E-state index in [0.29, 0.717) is 25.0 Å². The highest BCUT2D eigenvalue weighted by atomic mass is 16.7. The zero-order valence-corrected chi connectivity index (χ0v) is 13.4. The fourth-order valence-corrected chi connectivity index (χ4v) is 6.15. The van der Waals surface area contributed by atoms with Gasteiger partial charge < -0.3 is 24.1 Å². The summed E-state index contributed by atoms with van der Waals surface area (Å²) in [7, 11) is 0. The third-order valence-electron chi connectivity index (χ3n) is 7.59. The van der Waals surface area contributed by atoms with E-state index in [2.05, 4.69) is 13.8 Å². The lowest BCUT2D eigenvalue weighted by Crippen LogP contribution is -2.52. The maximum Gasteiger partial charge on any atom is 0.167 e. The highest BCUT2D eigenvalue weighted by Crippen LogP contribution is 2.71. The van der Waals surface area contributed by atoms with E-state index in [4.69, 9.17) is 18.9 Å². The molecule has 0 aromatic carbocycles. The molecular weight excluding hydrogens is 284 g/mol. The summed E-state index contributed by atoms with van der Waals surface area (Å²) < 4.78 is 24.2. The van der Waals surface area contributed by atoms with Gasteiger partial charge in [0.05, 0.1) is 43.0 Å². The Labute approximate surface area is 131 Å². The van der Waals surface area contributed by atoms with Crippen LogP contribution in [0, 0.1) is 22.7 Å². The number of hydrogen-bond acceptors (Lipinski definition) is 5. The van der Waals surface area contributed by atoms with Gasteiger partial charge in [0.2, 0.25) is 0 Å². The van der Waals surface area contributed by atoms with Gasteiger partial charge in [0, 0.05) is 12.0 Å². The third-order valence-corrected chi connectivity index (χ3v) is 7.59. The smallest absolute Gasteiger partial charge is 0.167 e. The molecule has 5 heteroatoms. The summed E-state index contributed by atoms with van der Waals surface area (Å²) in [6, 6.07) is 0. The van der Waals surface area contributed by atoms with Crippen LogP contribution in [-0.2, 0) is 18.9 Å². The summed E-state index contributed by atoms with van der Waals surface area (Å²) in [5, 5.41) is 10.8. The second-order valence-electron chi connectivity index (χ2n) is 8.16. The molecule has 0 amide bonds. The molecule has 124 valence electrons. The molecule has 9 atom stereocenters. The second kappa shape index (κ2) is 4.45. The molecule has 4 aliphatic heterocycles. The van der Waals surface area contributed by atoms with Crippen molar-refractivity contribution >= 4 is 0 Å². The largest absolute Gasteiger partial charge is 0.390 e. The predicted molar refractivity (Wildman–Crippen MR) is 77.1 cm³/mol. The molecule has 5 nitrogen and oxygen atoms in total. The van der Waals surface area contributed by atoms with Gasteiger partial charge in [0.25, 0.3) is 0 Å². The average Bonchev–Trinajstić information content (AvgIpc) is 3.22. The molecule has 7 unspecified atom stereocenters. The Morgan fingerprint density at radius 1 is 1.05 bits per heavy atom. The van der Waals surface area contributed by atoms with E-state index in [0.717, 1.165) is 25.9 Å². The van der Waals surface area contributed by atoms with Crippen molar-refractivity contribution in [2.75, 3.05) is 19.8 Å². The summed E-state index contributed by atoms with van der Waals surface area (Å²) in [5.41, 5.74) is -0.412. The SMILES string of the molecule is CC1C(CC23C4CCC25C(OC[C@@H]5O)OC3CO4)OC[C@H]1C. The molecule has 1 N–H and O–H groups in total. The zero-order chi connectivity index (χ0) is 15.1. The van der Waals surface area contributed by atoms with Crippen LogP contribution in [0.15, 0.2) is 0 Å². The van der Waals surface area contributed by atoms with E-state index >= 15 is 0 Å². The lowest BCUT2D eigenvalue weighted by atomic mass is 9.59. The van der Waals surface area contributed by atoms with Crippen LogP contribution in [0.2, 0.25) is 0 Å². The Hall–Kier alpha value is -0.200. The number of aliphatic hydroxyl groups excluding tert-OH is 1. The van der Waals surface area contributed by atoms with Crippen molar-refractivity contribution in [3.8, 4) is 0 Å². The quantitative estimate of drug-likeness (QED) is 0.834. The van der Waals surface area contributed by atoms with Crippen molar-refractivity contribution in [1.82, 2.24) is 0 Å². The highest BCUT2D eigenvalue weighted by Gasteiger charge is 2.79. The van der Waals surface area contributed by atoms with Gasteiger partial charge >= 0.3 is 0 Å². The first kappa shape index (κ1) is 14.2. The van der Waals surface area contributed by atoms with Crippen molar-refractivity contribution < 1.29 is 24.1 Å². The summed E-state index contributed by atoms with van der Waals surface area (Å²) in [6.45, 7) is 6.42. The van der Waals surface area contributed by atoms with Crippen LogP contribution in [-0.4, -0.2) is 55.6 Å². The van der Waals surface area contributed by atoms with Crippen LogP contribution < -0.4 is 0 Å². The molecule has 5 aliphatic rings. The average molecular weight is 310 g/mol. The number of aliphatic hydroxyl groups is 1. The van der Waals surface area contributed by atoms with Gasteiger partial charge in [0.1, 0.15) is 0 Å². The van der Waals surface area contributed by atoms with Crippen LogP contribution >= 0.6 is 0 Å². The lowest BCUT2D eigenvalue weighted by molar-refractivity contribution is -0.140. The molecule has 22 heavy (non-hydrogen) atoms. The standard InChI is InChI=1S/C17H26O5/c1-9-6-19-11(10(9)2)5-17-13-3-4-16(17)12(18)7-21-15(16)22-14(17)8-20-13/h9-15,18H,3-8H2,1-2H3/t9-,10?,11?,12+,13?,14?,15?,16?,17?/m1/s1. The van der Waals surface area contributed by atoms with Gasteiger partial charge in [-0.15, -0.1) is 0 Å². The molecule has 1 aliphatic carbocycles. The maximum absolute atomic E-state index is 10.8. The van der Waals surface area contributed by atoms with E-state index in [9.17, 15) is 5.11 Å². The normalized spacial score (nSPS) is 62.6. The Bertz CT molecular complexity index is 484. The van der Waals surface area contributed by atoms with Crippen molar-refractivity contribution in [2.24, 2.45) is 22.7 Å². The minimum Gasteiger partial charge on any atom is -0.390 e. The Kier molecular flexibility index (Phi) is 2.87. The van der Waals surface area contributed by atoms with Crippen molar-refractivity contribution in [1.29, 1.82) is 0 Å². The second-order valence-corrected chi connectivity index (χ2v) is 8.16. The topological polar surface area (TPSA) is 57.2 Å². The summed E-state index contributed by atoms with van der Waals surface area (Å²) in [6.07, 6.45) is 2.66. The third kappa shape index (κ3) is 1.40. The van der Waals surface area contributed by atoms with Gasteiger partial charge in [-0.1, -0.05) is 13.8 Å². The molecule has 0 radical (unpaired) electrons. The minimum absolute atomic E-state index is 0.0478. The van der Waals surface area contributed by atoms with Crippen molar-refractivity contribution in [3.63, 3.8) is 0 Å². The van der Waals surface area contributed by atoms with Gasteiger partial charge in [-0.2, -0.15) is 0 Å². The Morgan fingerprint density at radius 3 is 2.68 bits per heavy atom. The van der Waals surface area contributed by atoms with Gasteiger partial charge in [-0.25, -0.2) is 0 Å². The fourth-order valence-electron chi connectivity index (χ4n) is 6.15. The molecule has 1 spiro atoms. The molecule has 0 aromatic rings.